The number of carbonyl (C=O) groups is 1. The molecule has 1 aliphatic carbocycles. The van der Waals surface area contributed by atoms with Crippen molar-refractivity contribution < 1.29 is 13.2 Å². The lowest BCUT2D eigenvalue weighted by Gasteiger charge is -2.28. The van der Waals surface area contributed by atoms with Gasteiger partial charge in [-0.05, 0) is 56.2 Å². The summed E-state index contributed by atoms with van der Waals surface area (Å²) in [5.41, 5.74) is 0.928. The van der Waals surface area contributed by atoms with E-state index in [0.717, 1.165) is 37.2 Å². The molecule has 0 bridgehead atoms. The van der Waals surface area contributed by atoms with Crippen molar-refractivity contribution in [1.82, 2.24) is 5.32 Å². The molecule has 1 saturated carbocycles. The van der Waals surface area contributed by atoms with Gasteiger partial charge in [0.15, 0.2) is 9.84 Å². The molecule has 1 aromatic carbocycles. The Balaban J connectivity index is 1.86. The number of unbranched alkanes of at least 4 members (excludes halogenated alkanes) is 1. The molecular weight excluding hydrogens is 334 g/mol. The van der Waals surface area contributed by atoms with Crippen LogP contribution in [0.3, 0.4) is 0 Å². The Bertz CT molecular complexity index is 659. The molecule has 0 heterocycles. The highest BCUT2D eigenvalue weighted by atomic mass is 32.2. The summed E-state index contributed by atoms with van der Waals surface area (Å²) in [5, 5.41) is 3.09. The zero-order chi connectivity index (χ0) is 18.4. The van der Waals surface area contributed by atoms with Gasteiger partial charge in [-0.2, -0.15) is 0 Å². The van der Waals surface area contributed by atoms with E-state index in [9.17, 15) is 13.2 Å². The van der Waals surface area contributed by atoms with Gasteiger partial charge in [0.1, 0.15) is 0 Å². The van der Waals surface area contributed by atoms with Crippen LogP contribution in [-0.2, 0) is 14.6 Å². The van der Waals surface area contributed by atoms with Crippen LogP contribution in [0.1, 0.15) is 70.4 Å². The van der Waals surface area contributed by atoms with Gasteiger partial charge in [0.2, 0.25) is 5.91 Å². The van der Waals surface area contributed by atoms with Crippen molar-refractivity contribution in [3.8, 4) is 0 Å². The minimum atomic E-state index is -3.18. The lowest BCUT2D eigenvalue weighted by atomic mass is 9.79. The molecule has 1 N–H and O–H groups in total. The molecule has 1 aliphatic rings. The van der Waals surface area contributed by atoms with Crippen LogP contribution in [0.4, 0.5) is 0 Å². The monoisotopic (exact) mass is 365 g/mol. The molecule has 0 aliphatic heterocycles. The van der Waals surface area contributed by atoms with Crippen LogP contribution in [0, 0.1) is 11.8 Å². The van der Waals surface area contributed by atoms with E-state index in [4.69, 9.17) is 0 Å². The van der Waals surface area contributed by atoms with Crippen LogP contribution in [0.5, 0.6) is 0 Å². The first-order valence-corrected chi connectivity index (χ1v) is 11.3. The Hall–Kier alpha value is -1.36. The maximum Gasteiger partial charge on any atom is 0.223 e. The predicted octanol–water partition coefficient (Wildman–Crippen LogP) is 4.26. The smallest absolute Gasteiger partial charge is 0.223 e. The third kappa shape index (κ3) is 5.84. The molecule has 140 valence electrons. The van der Waals surface area contributed by atoms with E-state index in [1.54, 1.807) is 24.3 Å². The minimum Gasteiger partial charge on any atom is -0.349 e. The van der Waals surface area contributed by atoms with E-state index >= 15 is 0 Å². The van der Waals surface area contributed by atoms with Gasteiger partial charge in [-0.3, -0.25) is 4.79 Å². The lowest BCUT2D eigenvalue weighted by molar-refractivity contribution is -0.126. The molecule has 1 amide bonds. The van der Waals surface area contributed by atoms with Crippen molar-refractivity contribution >= 4 is 15.7 Å². The number of carbonyl (C=O) groups excluding carboxylic acids is 1. The van der Waals surface area contributed by atoms with Crippen molar-refractivity contribution in [3.63, 3.8) is 0 Å². The summed E-state index contributed by atoms with van der Waals surface area (Å²) >= 11 is 0. The summed E-state index contributed by atoms with van der Waals surface area (Å²) < 4.78 is 23.0. The lowest BCUT2D eigenvalue weighted by Crippen LogP contribution is -2.34. The molecule has 5 heteroatoms. The largest absolute Gasteiger partial charge is 0.349 e. The van der Waals surface area contributed by atoms with Gasteiger partial charge in [0.25, 0.3) is 0 Å². The average molecular weight is 366 g/mol. The number of benzene rings is 1. The van der Waals surface area contributed by atoms with Crippen molar-refractivity contribution in [2.24, 2.45) is 11.8 Å². The van der Waals surface area contributed by atoms with E-state index in [1.165, 1.54) is 25.5 Å². The van der Waals surface area contributed by atoms with Gasteiger partial charge in [-0.15, -0.1) is 0 Å². The molecule has 4 nitrogen and oxygen atoms in total. The SMILES string of the molecule is CCCCC1CCC(C(=O)NC(C)c2ccc(S(C)(=O)=O)cc2)CC1. The Morgan fingerprint density at radius 1 is 1.16 bits per heavy atom. The normalized spacial score (nSPS) is 22.4. The second-order valence-corrected chi connectivity index (χ2v) is 9.45. The maximum atomic E-state index is 12.5. The molecule has 0 saturated heterocycles. The fourth-order valence-electron chi connectivity index (χ4n) is 3.62. The number of nitrogens with one attached hydrogen (secondary N) is 1. The third-order valence-electron chi connectivity index (χ3n) is 5.35. The van der Waals surface area contributed by atoms with Crippen LogP contribution in [0.25, 0.3) is 0 Å². The van der Waals surface area contributed by atoms with E-state index in [0.29, 0.717) is 4.90 Å². The number of hydrogen-bond acceptors (Lipinski definition) is 3. The predicted molar refractivity (Wildman–Crippen MR) is 101 cm³/mol. The van der Waals surface area contributed by atoms with E-state index in [1.807, 2.05) is 6.92 Å². The number of hydrogen-bond donors (Lipinski definition) is 1. The van der Waals surface area contributed by atoms with Gasteiger partial charge >= 0.3 is 0 Å². The van der Waals surface area contributed by atoms with Crippen molar-refractivity contribution in [2.75, 3.05) is 6.26 Å². The van der Waals surface area contributed by atoms with Gasteiger partial charge in [-0.25, -0.2) is 8.42 Å². The van der Waals surface area contributed by atoms with Gasteiger partial charge < -0.3 is 5.32 Å². The van der Waals surface area contributed by atoms with Crippen LogP contribution < -0.4 is 5.32 Å². The van der Waals surface area contributed by atoms with Crippen LogP contribution in [-0.4, -0.2) is 20.6 Å². The number of rotatable bonds is 7. The second kappa shape index (κ2) is 8.84. The summed E-state index contributed by atoms with van der Waals surface area (Å²) in [6.45, 7) is 4.17. The first kappa shape index (κ1) is 20.0. The Morgan fingerprint density at radius 3 is 2.28 bits per heavy atom. The van der Waals surface area contributed by atoms with E-state index in [2.05, 4.69) is 12.2 Å². The molecular formula is C20H31NO3S. The highest BCUT2D eigenvalue weighted by Crippen LogP contribution is 2.32. The van der Waals surface area contributed by atoms with Crippen LogP contribution in [0.15, 0.2) is 29.2 Å². The maximum absolute atomic E-state index is 12.5. The number of amides is 1. The quantitative estimate of drug-likeness (QED) is 0.785. The average Bonchev–Trinajstić information content (AvgIpc) is 2.59. The Kier molecular flexibility index (Phi) is 7.05. The summed E-state index contributed by atoms with van der Waals surface area (Å²) in [4.78, 5) is 12.8. The highest BCUT2D eigenvalue weighted by molar-refractivity contribution is 7.90. The Morgan fingerprint density at radius 2 is 1.76 bits per heavy atom. The summed E-state index contributed by atoms with van der Waals surface area (Å²) in [6.07, 6.45) is 9.33. The molecule has 0 radical (unpaired) electrons. The standard InChI is InChI=1S/C20H31NO3S/c1-4-5-6-16-7-9-18(10-8-16)20(22)21-15(2)17-11-13-19(14-12-17)25(3,23)24/h11-16,18H,4-10H2,1-3H3,(H,21,22). The summed E-state index contributed by atoms with van der Waals surface area (Å²) in [5.74, 6) is 1.05. The van der Waals surface area contributed by atoms with Crippen LogP contribution in [0.2, 0.25) is 0 Å². The fraction of sp³-hybridized carbons (Fsp3) is 0.650. The zero-order valence-corrected chi connectivity index (χ0v) is 16.4. The topological polar surface area (TPSA) is 63.2 Å². The van der Waals surface area contributed by atoms with Crippen molar-refractivity contribution in [2.45, 2.75) is 69.7 Å². The van der Waals surface area contributed by atoms with Gasteiger partial charge in [0, 0.05) is 12.2 Å². The third-order valence-corrected chi connectivity index (χ3v) is 6.48. The van der Waals surface area contributed by atoms with Crippen LogP contribution >= 0.6 is 0 Å². The minimum absolute atomic E-state index is 0.112. The molecule has 1 unspecified atom stereocenters. The fourth-order valence-corrected chi connectivity index (χ4v) is 4.25. The number of sulfone groups is 1. The zero-order valence-electron chi connectivity index (χ0n) is 15.6. The first-order valence-electron chi connectivity index (χ1n) is 9.41. The molecule has 0 aromatic heterocycles. The van der Waals surface area contributed by atoms with E-state index in [-0.39, 0.29) is 17.9 Å². The molecule has 1 aromatic rings. The molecule has 25 heavy (non-hydrogen) atoms. The van der Waals surface area contributed by atoms with Gasteiger partial charge in [-0.1, -0.05) is 38.3 Å². The van der Waals surface area contributed by atoms with Gasteiger partial charge in [0.05, 0.1) is 10.9 Å². The highest BCUT2D eigenvalue weighted by Gasteiger charge is 2.26. The summed E-state index contributed by atoms with van der Waals surface area (Å²) in [7, 11) is -3.18. The first-order chi connectivity index (χ1) is 11.8. The van der Waals surface area contributed by atoms with E-state index < -0.39 is 9.84 Å². The second-order valence-electron chi connectivity index (χ2n) is 7.43. The Labute approximate surface area is 152 Å². The molecule has 0 spiro atoms. The van der Waals surface area contributed by atoms with Crippen molar-refractivity contribution in [3.05, 3.63) is 29.8 Å². The summed E-state index contributed by atoms with van der Waals surface area (Å²) in [6, 6.07) is 6.66. The molecule has 1 atom stereocenters. The molecule has 1 fully saturated rings. The van der Waals surface area contributed by atoms with Crippen molar-refractivity contribution in [1.29, 1.82) is 0 Å². The molecule has 2 rings (SSSR count).